The topological polar surface area (TPSA) is 0 Å². The molecule has 0 aliphatic heterocycles. The van der Waals surface area contributed by atoms with Crippen molar-refractivity contribution >= 4 is 25.3 Å². The molecule has 1 aliphatic carbocycles. The van der Waals surface area contributed by atoms with E-state index in [0.717, 1.165) is 22.6 Å². The predicted octanol–water partition coefficient (Wildman–Crippen LogP) is 5.20. The summed E-state index contributed by atoms with van der Waals surface area (Å²) < 4.78 is 0. The molecule has 0 amide bonds. The summed E-state index contributed by atoms with van der Waals surface area (Å²) in [6.45, 7) is 0. The molecule has 0 fully saturated rings. The van der Waals surface area contributed by atoms with Crippen molar-refractivity contribution in [1.82, 2.24) is 0 Å². The first kappa shape index (κ1) is 13.1. The van der Waals surface area contributed by atoms with E-state index < -0.39 is 0 Å². The van der Waals surface area contributed by atoms with E-state index in [-0.39, 0.29) is 0 Å². The molecule has 0 nitrogen and oxygen atoms in total. The van der Waals surface area contributed by atoms with Gasteiger partial charge in [-0.15, -0.1) is 25.3 Å². The standard InChI is InChI=1S/C17H18S2/c18-14-6-8-16-12(10-14)4-2-1-3-5-13-11-15(19)7-9-17(13)16/h6-11,18-19H,1-5H2. The molecule has 0 unspecified atom stereocenters. The molecule has 1 aliphatic rings. The van der Waals surface area contributed by atoms with Crippen LogP contribution in [-0.2, 0) is 12.8 Å². The third-order valence-electron chi connectivity index (χ3n) is 3.86. The van der Waals surface area contributed by atoms with E-state index in [9.17, 15) is 0 Å². The third kappa shape index (κ3) is 2.85. The molecular formula is C17H18S2. The molecule has 0 spiro atoms. The molecule has 0 bridgehead atoms. The van der Waals surface area contributed by atoms with Crippen LogP contribution in [0, 0.1) is 0 Å². The summed E-state index contributed by atoms with van der Waals surface area (Å²) in [5, 5.41) is 0. The van der Waals surface area contributed by atoms with Crippen LogP contribution in [0.15, 0.2) is 46.2 Å². The molecule has 2 aromatic rings. The van der Waals surface area contributed by atoms with Crippen LogP contribution >= 0.6 is 25.3 Å². The van der Waals surface area contributed by atoms with Gasteiger partial charge in [0, 0.05) is 9.79 Å². The van der Waals surface area contributed by atoms with E-state index in [1.54, 1.807) is 0 Å². The number of aryl methyl sites for hydroxylation is 2. The molecule has 0 saturated carbocycles. The normalized spacial score (nSPS) is 14.8. The van der Waals surface area contributed by atoms with E-state index in [1.807, 2.05) is 0 Å². The van der Waals surface area contributed by atoms with Crippen LogP contribution in [-0.4, -0.2) is 0 Å². The summed E-state index contributed by atoms with van der Waals surface area (Å²) >= 11 is 8.96. The maximum Gasteiger partial charge on any atom is 0.00431 e. The highest BCUT2D eigenvalue weighted by molar-refractivity contribution is 7.80. The lowest BCUT2D eigenvalue weighted by Crippen LogP contribution is -1.93. The van der Waals surface area contributed by atoms with Crippen molar-refractivity contribution in [2.24, 2.45) is 0 Å². The van der Waals surface area contributed by atoms with Crippen molar-refractivity contribution in [3.8, 4) is 11.1 Å². The average molecular weight is 286 g/mol. The first-order chi connectivity index (χ1) is 9.24. The Bertz CT molecular complexity index is 549. The second-order valence-corrected chi connectivity index (χ2v) is 6.28. The van der Waals surface area contributed by atoms with Gasteiger partial charge >= 0.3 is 0 Å². The minimum atomic E-state index is 1.06. The Morgan fingerprint density at radius 1 is 0.632 bits per heavy atom. The van der Waals surface area contributed by atoms with Gasteiger partial charge in [-0.25, -0.2) is 0 Å². The van der Waals surface area contributed by atoms with Crippen LogP contribution in [0.25, 0.3) is 11.1 Å². The summed E-state index contributed by atoms with van der Waals surface area (Å²) in [5.41, 5.74) is 5.62. The second-order valence-electron chi connectivity index (χ2n) is 5.24. The van der Waals surface area contributed by atoms with Crippen LogP contribution in [0.3, 0.4) is 0 Å². The maximum atomic E-state index is 4.48. The second kappa shape index (κ2) is 5.64. The van der Waals surface area contributed by atoms with Gasteiger partial charge in [0.1, 0.15) is 0 Å². The summed E-state index contributed by atoms with van der Waals surface area (Å²) in [4.78, 5) is 2.12. The molecule has 19 heavy (non-hydrogen) atoms. The highest BCUT2D eigenvalue weighted by atomic mass is 32.1. The van der Waals surface area contributed by atoms with Crippen molar-refractivity contribution in [3.05, 3.63) is 47.5 Å². The molecule has 0 aromatic heterocycles. The fraction of sp³-hybridized carbons (Fsp3) is 0.294. The van der Waals surface area contributed by atoms with Gasteiger partial charge in [-0.05, 0) is 72.2 Å². The molecular weight excluding hydrogens is 268 g/mol. The van der Waals surface area contributed by atoms with E-state index >= 15 is 0 Å². The average Bonchev–Trinajstić information content (AvgIpc) is 2.47. The first-order valence-corrected chi connectivity index (χ1v) is 7.77. The van der Waals surface area contributed by atoms with Crippen LogP contribution in [0.1, 0.15) is 30.4 Å². The van der Waals surface area contributed by atoms with Gasteiger partial charge in [0.2, 0.25) is 0 Å². The molecule has 0 saturated heterocycles. The maximum absolute atomic E-state index is 4.48. The lowest BCUT2D eigenvalue weighted by Gasteiger charge is -2.13. The van der Waals surface area contributed by atoms with E-state index in [2.05, 4.69) is 61.7 Å². The summed E-state index contributed by atoms with van der Waals surface area (Å²) in [6, 6.07) is 13.1. The number of hydrogen-bond donors (Lipinski definition) is 2. The first-order valence-electron chi connectivity index (χ1n) is 6.88. The Morgan fingerprint density at radius 3 is 1.58 bits per heavy atom. The van der Waals surface area contributed by atoms with Crippen LogP contribution in [0.5, 0.6) is 0 Å². The minimum Gasteiger partial charge on any atom is -0.143 e. The van der Waals surface area contributed by atoms with Gasteiger partial charge in [0.05, 0.1) is 0 Å². The summed E-state index contributed by atoms with van der Waals surface area (Å²) in [6.07, 6.45) is 6.15. The van der Waals surface area contributed by atoms with Gasteiger partial charge in [-0.2, -0.15) is 0 Å². The van der Waals surface area contributed by atoms with Crippen LogP contribution < -0.4 is 0 Å². The quantitative estimate of drug-likeness (QED) is 0.611. The molecule has 0 N–H and O–H groups in total. The predicted molar refractivity (Wildman–Crippen MR) is 87.6 cm³/mol. The number of rotatable bonds is 0. The van der Waals surface area contributed by atoms with E-state index in [4.69, 9.17) is 0 Å². The number of benzene rings is 2. The zero-order valence-electron chi connectivity index (χ0n) is 10.9. The van der Waals surface area contributed by atoms with Gasteiger partial charge in [-0.1, -0.05) is 18.6 Å². The van der Waals surface area contributed by atoms with Gasteiger partial charge in [0.25, 0.3) is 0 Å². The summed E-state index contributed by atoms with van der Waals surface area (Å²) in [5.74, 6) is 0. The molecule has 2 heteroatoms. The smallest absolute Gasteiger partial charge is 0.00431 e. The number of thiol groups is 2. The Balaban J connectivity index is 2.19. The van der Waals surface area contributed by atoms with Crippen molar-refractivity contribution in [2.75, 3.05) is 0 Å². The molecule has 98 valence electrons. The van der Waals surface area contributed by atoms with Gasteiger partial charge in [-0.3, -0.25) is 0 Å². The Morgan fingerprint density at radius 2 is 1.11 bits per heavy atom. The molecule has 0 heterocycles. The molecule has 0 atom stereocenters. The zero-order chi connectivity index (χ0) is 13.2. The molecule has 2 aromatic carbocycles. The Kier molecular flexibility index (Phi) is 3.90. The largest absolute Gasteiger partial charge is 0.143 e. The van der Waals surface area contributed by atoms with Gasteiger partial charge < -0.3 is 0 Å². The Labute approximate surface area is 126 Å². The molecule has 3 rings (SSSR count). The lowest BCUT2D eigenvalue weighted by atomic mass is 9.93. The highest BCUT2D eigenvalue weighted by Gasteiger charge is 2.12. The van der Waals surface area contributed by atoms with Crippen LogP contribution in [0.2, 0.25) is 0 Å². The Hall–Kier alpha value is -0.860. The fourth-order valence-corrected chi connectivity index (χ4v) is 3.37. The van der Waals surface area contributed by atoms with Crippen molar-refractivity contribution < 1.29 is 0 Å². The fourth-order valence-electron chi connectivity index (χ4n) is 2.91. The minimum absolute atomic E-state index is 1.06. The molecule has 0 radical (unpaired) electrons. The summed E-state index contributed by atoms with van der Waals surface area (Å²) in [7, 11) is 0. The zero-order valence-corrected chi connectivity index (χ0v) is 12.7. The number of fused-ring (bicyclic) bond motifs is 3. The highest BCUT2D eigenvalue weighted by Crippen LogP contribution is 2.33. The van der Waals surface area contributed by atoms with Gasteiger partial charge in [0.15, 0.2) is 0 Å². The lowest BCUT2D eigenvalue weighted by molar-refractivity contribution is 0.682. The number of hydrogen-bond acceptors (Lipinski definition) is 2. The van der Waals surface area contributed by atoms with Crippen molar-refractivity contribution in [1.29, 1.82) is 0 Å². The third-order valence-corrected chi connectivity index (χ3v) is 4.42. The van der Waals surface area contributed by atoms with Crippen molar-refractivity contribution in [2.45, 2.75) is 41.9 Å². The van der Waals surface area contributed by atoms with Crippen molar-refractivity contribution in [3.63, 3.8) is 0 Å². The van der Waals surface area contributed by atoms with Crippen LogP contribution in [0.4, 0.5) is 0 Å². The SMILES string of the molecule is Sc1ccc2c(c1)CCCCCc1cc(S)ccc1-2. The van der Waals surface area contributed by atoms with E-state index in [1.165, 1.54) is 41.5 Å². The van der Waals surface area contributed by atoms with E-state index in [0.29, 0.717) is 0 Å². The monoisotopic (exact) mass is 286 g/mol.